The van der Waals surface area contributed by atoms with Crippen molar-refractivity contribution in [2.45, 2.75) is 25.5 Å². The Balaban J connectivity index is 1.92. The molecule has 1 aromatic carbocycles. The lowest BCUT2D eigenvalue weighted by molar-refractivity contribution is 0.117. The van der Waals surface area contributed by atoms with Gasteiger partial charge < -0.3 is 10.1 Å². The molecular formula is C16H20N2O. The Morgan fingerprint density at radius 3 is 3.00 bits per heavy atom. The molecule has 0 bridgehead atoms. The molecule has 0 spiro atoms. The second kappa shape index (κ2) is 5.27. The zero-order chi connectivity index (χ0) is 13.2. The van der Waals surface area contributed by atoms with Crippen molar-refractivity contribution in [3.05, 3.63) is 42.1 Å². The number of fused-ring (bicyclic) bond motifs is 1. The standard InChI is InChI=1S/C16H20N2O/c1-11-8-14(10-19-11)16(17-2)13-5-6-15-12(9-13)4-3-7-18-15/h3-7,9,11,14,16-17H,8,10H2,1-2H3. The predicted octanol–water partition coefficient (Wildman–Crippen LogP) is 2.92. The van der Waals surface area contributed by atoms with Crippen LogP contribution < -0.4 is 5.32 Å². The lowest BCUT2D eigenvalue weighted by atomic mass is 9.90. The van der Waals surface area contributed by atoms with Gasteiger partial charge in [-0.25, -0.2) is 0 Å². The summed E-state index contributed by atoms with van der Waals surface area (Å²) in [7, 11) is 2.03. The molecule has 1 fully saturated rings. The third kappa shape index (κ3) is 2.48. The van der Waals surface area contributed by atoms with Crippen molar-refractivity contribution in [1.29, 1.82) is 0 Å². The van der Waals surface area contributed by atoms with Gasteiger partial charge in [0, 0.05) is 23.5 Å². The van der Waals surface area contributed by atoms with Gasteiger partial charge in [0.2, 0.25) is 0 Å². The number of aromatic nitrogens is 1. The second-order valence-corrected chi connectivity index (χ2v) is 5.36. The Hall–Kier alpha value is -1.45. The largest absolute Gasteiger partial charge is 0.378 e. The highest BCUT2D eigenvalue weighted by molar-refractivity contribution is 5.79. The molecule has 2 aromatic rings. The topological polar surface area (TPSA) is 34.2 Å². The normalized spacial score (nSPS) is 24.7. The van der Waals surface area contributed by atoms with E-state index < -0.39 is 0 Å². The summed E-state index contributed by atoms with van der Waals surface area (Å²) in [5, 5.41) is 4.65. The number of nitrogens with zero attached hydrogens (tertiary/aromatic N) is 1. The zero-order valence-electron chi connectivity index (χ0n) is 11.5. The molecule has 3 nitrogen and oxygen atoms in total. The third-order valence-corrected chi connectivity index (χ3v) is 4.00. The molecule has 1 aliphatic rings. The maximum Gasteiger partial charge on any atom is 0.0702 e. The highest BCUT2D eigenvalue weighted by Crippen LogP contribution is 2.32. The van der Waals surface area contributed by atoms with Gasteiger partial charge in [-0.2, -0.15) is 0 Å². The average molecular weight is 256 g/mol. The van der Waals surface area contributed by atoms with Gasteiger partial charge in [0.1, 0.15) is 0 Å². The van der Waals surface area contributed by atoms with E-state index in [1.165, 1.54) is 10.9 Å². The Morgan fingerprint density at radius 1 is 1.37 bits per heavy atom. The van der Waals surface area contributed by atoms with Gasteiger partial charge in [0.15, 0.2) is 0 Å². The van der Waals surface area contributed by atoms with Crippen molar-refractivity contribution < 1.29 is 4.74 Å². The SMILES string of the molecule is CNC(c1ccc2ncccc2c1)C1COC(C)C1. The van der Waals surface area contributed by atoms with Gasteiger partial charge in [-0.1, -0.05) is 12.1 Å². The first kappa shape index (κ1) is 12.6. The average Bonchev–Trinajstić information content (AvgIpc) is 2.86. The molecule has 3 unspecified atom stereocenters. The lowest BCUT2D eigenvalue weighted by Gasteiger charge is -2.22. The van der Waals surface area contributed by atoms with Crippen LogP contribution in [0.4, 0.5) is 0 Å². The van der Waals surface area contributed by atoms with E-state index in [4.69, 9.17) is 4.74 Å². The minimum Gasteiger partial charge on any atom is -0.378 e. The van der Waals surface area contributed by atoms with E-state index in [-0.39, 0.29) is 0 Å². The summed E-state index contributed by atoms with van der Waals surface area (Å²) in [6.45, 7) is 2.99. The van der Waals surface area contributed by atoms with E-state index in [1.54, 1.807) is 0 Å². The summed E-state index contributed by atoms with van der Waals surface area (Å²) in [6, 6.07) is 11.0. The van der Waals surface area contributed by atoms with Crippen LogP contribution in [-0.4, -0.2) is 24.7 Å². The number of pyridine rings is 1. The van der Waals surface area contributed by atoms with Crippen LogP contribution in [0.15, 0.2) is 36.5 Å². The van der Waals surface area contributed by atoms with Crippen LogP contribution in [0.2, 0.25) is 0 Å². The summed E-state index contributed by atoms with van der Waals surface area (Å²) in [5.41, 5.74) is 2.38. The maximum atomic E-state index is 5.70. The summed E-state index contributed by atoms with van der Waals surface area (Å²) in [6.07, 6.45) is 3.34. The molecule has 0 radical (unpaired) electrons. The Morgan fingerprint density at radius 2 is 2.26 bits per heavy atom. The molecule has 0 saturated carbocycles. The fraction of sp³-hybridized carbons (Fsp3) is 0.438. The number of hydrogen-bond donors (Lipinski definition) is 1. The second-order valence-electron chi connectivity index (χ2n) is 5.36. The predicted molar refractivity (Wildman–Crippen MR) is 77.1 cm³/mol. The number of ether oxygens (including phenoxy) is 1. The quantitative estimate of drug-likeness (QED) is 0.917. The van der Waals surface area contributed by atoms with Gasteiger partial charge in [-0.3, -0.25) is 4.98 Å². The smallest absolute Gasteiger partial charge is 0.0702 e. The maximum absolute atomic E-state index is 5.70. The summed E-state index contributed by atoms with van der Waals surface area (Å²) in [5.74, 6) is 0.550. The van der Waals surface area contributed by atoms with Crippen molar-refractivity contribution in [3.63, 3.8) is 0 Å². The molecule has 2 heterocycles. The van der Waals surface area contributed by atoms with Gasteiger partial charge in [0.25, 0.3) is 0 Å². The van der Waals surface area contributed by atoms with E-state index in [0.29, 0.717) is 18.1 Å². The van der Waals surface area contributed by atoms with Crippen LogP contribution in [0.1, 0.15) is 24.9 Å². The van der Waals surface area contributed by atoms with Crippen molar-refractivity contribution in [1.82, 2.24) is 10.3 Å². The van der Waals surface area contributed by atoms with Crippen LogP contribution in [0.3, 0.4) is 0 Å². The fourth-order valence-electron chi connectivity index (χ4n) is 3.04. The minimum absolute atomic E-state index is 0.356. The van der Waals surface area contributed by atoms with Crippen molar-refractivity contribution >= 4 is 10.9 Å². The van der Waals surface area contributed by atoms with Crippen LogP contribution in [-0.2, 0) is 4.74 Å². The first-order valence-electron chi connectivity index (χ1n) is 6.91. The first-order valence-corrected chi connectivity index (χ1v) is 6.91. The zero-order valence-corrected chi connectivity index (χ0v) is 11.5. The van der Waals surface area contributed by atoms with Gasteiger partial charge in [-0.15, -0.1) is 0 Å². The molecule has 3 atom stereocenters. The molecule has 100 valence electrons. The molecular weight excluding hydrogens is 236 g/mol. The molecule has 1 aromatic heterocycles. The minimum atomic E-state index is 0.356. The van der Waals surface area contributed by atoms with E-state index in [2.05, 4.69) is 41.5 Å². The van der Waals surface area contributed by atoms with Crippen molar-refractivity contribution in [2.75, 3.05) is 13.7 Å². The number of benzene rings is 1. The van der Waals surface area contributed by atoms with Crippen molar-refractivity contribution in [3.8, 4) is 0 Å². The van der Waals surface area contributed by atoms with Gasteiger partial charge in [0.05, 0.1) is 18.2 Å². The molecule has 19 heavy (non-hydrogen) atoms. The molecule has 1 N–H and O–H groups in total. The van der Waals surface area contributed by atoms with Crippen LogP contribution in [0.5, 0.6) is 0 Å². The lowest BCUT2D eigenvalue weighted by Crippen LogP contribution is -2.25. The monoisotopic (exact) mass is 256 g/mol. The Bertz CT molecular complexity index is 569. The van der Waals surface area contributed by atoms with Gasteiger partial charge >= 0.3 is 0 Å². The van der Waals surface area contributed by atoms with E-state index in [0.717, 1.165) is 18.5 Å². The summed E-state index contributed by atoms with van der Waals surface area (Å²) >= 11 is 0. The van der Waals surface area contributed by atoms with Crippen molar-refractivity contribution in [2.24, 2.45) is 5.92 Å². The molecule has 1 aliphatic heterocycles. The van der Waals surface area contributed by atoms with Gasteiger partial charge in [-0.05, 0) is 44.2 Å². The number of hydrogen-bond acceptors (Lipinski definition) is 3. The molecule has 3 rings (SSSR count). The van der Waals surface area contributed by atoms with Crippen LogP contribution in [0, 0.1) is 5.92 Å². The van der Waals surface area contributed by atoms with Crippen LogP contribution >= 0.6 is 0 Å². The van der Waals surface area contributed by atoms with E-state index in [9.17, 15) is 0 Å². The number of nitrogens with one attached hydrogen (secondary N) is 1. The summed E-state index contributed by atoms with van der Waals surface area (Å²) < 4.78 is 5.70. The summed E-state index contributed by atoms with van der Waals surface area (Å²) in [4.78, 5) is 4.37. The van der Waals surface area contributed by atoms with E-state index >= 15 is 0 Å². The molecule has 1 saturated heterocycles. The first-order chi connectivity index (χ1) is 9.28. The Labute approximate surface area is 114 Å². The third-order valence-electron chi connectivity index (χ3n) is 4.00. The molecule has 0 amide bonds. The Kier molecular flexibility index (Phi) is 3.49. The van der Waals surface area contributed by atoms with Crippen LogP contribution in [0.25, 0.3) is 10.9 Å². The van der Waals surface area contributed by atoms with E-state index in [1.807, 2.05) is 19.3 Å². The highest BCUT2D eigenvalue weighted by atomic mass is 16.5. The number of rotatable bonds is 3. The molecule has 0 aliphatic carbocycles. The highest BCUT2D eigenvalue weighted by Gasteiger charge is 2.29. The molecule has 3 heteroatoms. The fourth-order valence-corrected chi connectivity index (χ4v) is 3.04.